The number of unbranched alkanes of at least 4 members (excludes halogenated alkanes) is 8. The summed E-state index contributed by atoms with van der Waals surface area (Å²) in [6, 6.07) is 0. The first kappa shape index (κ1) is 17.4. The van der Waals surface area contributed by atoms with Crippen LogP contribution >= 0.6 is 12.6 Å². The fourth-order valence-electron chi connectivity index (χ4n) is 2.40. The van der Waals surface area contributed by atoms with Gasteiger partial charge in [-0.25, -0.2) is 0 Å². The van der Waals surface area contributed by atoms with Crippen LogP contribution in [0.25, 0.3) is 0 Å². The Morgan fingerprint density at radius 1 is 0.647 bits per heavy atom. The average Bonchev–Trinajstić information content (AvgIpc) is 2.36. The van der Waals surface area contributed by atoms with Crippen LogP contribution in [0.15, 0.2) is 0 Å². The maximum Gasteiger partial charge on any atom is -0.00695 e. The Kier molecular flexibility index (Phi) is 14.7. The van der Waals surface area contributed by atoms with E-state index in [9.17, 15) is 0 Å². The van der Waals surface area contributed by atoms with Crippen molar-refractivity contribution in [1.29, 1.82) is 0 Å². The predicted octanol–water partition coefficient (Wildman–Crippen LogP) is 6.25. The van der Waals surface area contributed by atoms with Crippen molar-refractivity contribution in [3.8, 4) is 0 Å². The molecule has 0 amide bonds. The summed E-state index contributed by atoms with van der Waals surface area (Å²) in [6.07, 6.45) is 17.0. The molecule has 1 atom stereocenters. The third-order valence-corrected chi connectivity index (χ3v) is 4.21. The van der Waals surface area contributed by atoms with Gasteiger partial charge < -0.3 is 0 Å². The molecule has 0 saturated heterocycles. The SMILES string of the molecule is CCCCCCCCC(CS)CCCCCC. The lowest BCUT2D eigenvalue weighted by molar-refractivity contribution is 0.440. The molecule has 0 fully saturated rings. The van der Waals surface area contributed by atoms with Crippen LogP contribution in [0.2, 0.25) is 0 Å². The Hall–Kier alpha value is 0.350. The van der Waals surface area contributed by atoms with Crippen molar-refractivity contribution < 1.29 is 0 Å². The molecule has 0 aromatic carbocycles. The highest BCUT2D eigenvalue weighted by Gasteiger charge is 2.05. The molecule has 0 aromatic heterocycles. The van der Waals surface area contributed by atoms with Crippen molar-refractivity contribution in [1.82, 2.24) is 0 Å². The van der Waals surface area contributed by atoms with Crippen molar-refractivity contribution in [2.45, 2.75) is 90.9 Å². The molecular formula is C16H34S. The predicted molar refractivity (Wildman–Crippen MR) is 84.1 cm³/mol. The van der Waals surface area contributed by atoms with Gasteiger partial charge in [0.1, 0.15) is 0 Å². The van der Waals surface area contributed by atoms with E-state index in [0.29, 0.717) is 0 Å². The second kappa shape index (κ2) is 14.4. The molecule has 0 aromatic rings. The number of rotatable bonds is 13. The zero-order valence-corrected chi connectivity index (χ0v) is 13.1. The quantitative estimate of drug-likeness (QED) is 0.293. The largest absolute Gasteiger partial charge is 0.179 e. The summed E-state index contributed by atoms with van der Waals surface area (Å²) in [7, 11) is 0. The lowest BCUT2D eigenvalue weighted by Crippen LogP contribution is -2.02. The summed E-state index contributed by atoms with van der Waals surface area (Å²) in [5.41, 5.74) is 0. The van der Waals surface area contributed by atoms with Crippen LogP contribution < -0.4 is 0 Å². The highest BCUT2D eigenvalue weighted by Crippen LogP contribution is 2.19. The molecule has 17 heavy (non-hydrogen) atoms. The van der Waals surface area contributed by atoms with Gasteiger partial charge in [0.2, 0.25) is 0 Å². The molecule has 0 aliphatic rings. The molecule has 0 rings (SSSR count). The standard InChI is InChI=1S/C16H34S/c1-3-5-7-9-10-12-14-16(15-17)13-11-8-6-4-2/h16-17H,3-15H2,1-2H3. The molecule has 0 radical (unpaired) electrons. The van der Waals surface area contributed by atoms with Gasteiger partial charge in [0, 0.05) is 0 Å². The van der Waals surface area contributed by atoms with Crippen LogP contribution in [-0.4, -0.2) is 5.75 Å². The van der Waals surface area contributed by atoms with Crippen LogP contribution in [0, 0.1) is 5.92 Å². The molecule has 0 bridgehead atoms. The highest BCUT2D eigenvalue weighted by atomic mass is 32.1. The zero-order chi connectivity index (χ0) is 12.8. The summed E-state index contributed by atoms with van der Waals surface area (Å²) < 4.78 is 0. The van der Waals surface area contributed by atoms with Gasteiger partial charge in [0.25, 0.3) is 0 Å². The summed E-state index contributed by atoms with van der Waals surface area (Å²) >= 11 is 4.50. The minimum atomic E-state index is 0.890. The molecule has 0 aliphatic heterocycles. The molecule has 0 spiro atoms. The second-order valence-corrected chi connectivity index (χ2v) is 5.82. The van der Waals surface area contributed by atoms with E-state index in [1.54, 1.807) is 0 Å². The molecule has 1 unspecified atom stereocenters. The van der Waals surface area contributed by atoms with E-state index in [0.717, 1.165) is 11.7 Å². The van der Waals surface area contributed by atoms with E-state index in [1.165, 1.54) is 77.0 Å². The van der Waals surface area contributed by atoms with Gasteiger partial charge in [0.15, 0.2) is 0 Å². The van der Waals surface area contributed by atoms with E-state index < -0.39 is 0 Å². The summed E-state index contributed by atoms with van der Waals surface area (Å²) in [5, 5.41) is 0. The van der Waals surface area contributed by atoms with Gasteiger partial charge in [-0.05, 0) is 24.5 Å². The fraction of sp³-hybridized carbons (Fsp3) is 1.00. The Balaban J connectivity index is 3.28. The van der Waals surface area contributed by atoms with E-state index in [2.05, 4.69) is 26.5 Å². The van der Waals surface area contributed by atoms with Crippen molar-refractivity contribution in [2.75, 3.05) is 5.75 Å². The van der Waals surface area contributed by atoms with Gasteiger partial charge >= 0.3 is 0 Å². The molecular weight excluding hydrogens is 224 g/mol. The molecule has 104 valence electrons. The maximum absolute atomic E-state index is 4.50. The molecule has 0 N–H and O–H groups in total. The normalized spacial score (nSPS) is 12.9. The Morgan fingerprint density at radius 3 is 1.53 bits per heavy atom. The molecule has 0 aliphatic carbocycles. The lowest BCUT2D eigenvalue weighted by Gasteiger charge is -2.13. The van der Waals surface area contributed by atoms with Gasteiger partial charge in [-0.2, -0.15) is 12.6 Å². The molecule has 1 heteroatoms. The van der Waals surface area contributed by atoms with Gasteiger partial charge in [-0.3, -0.25) is 0 Å². The van der Waals surface area contributed by atoms with E-state index in [4.69, 9.17) is 0 Å². The lowest BCUT2D eigenvalue weighted by atomic mass is 9.96. The van der Waals surface area contributed by atoms with E-state index >= 15 is 0 Å². The van der Waals surface area contributed by atoms with Crippen molar-refractivity contribution in [3.05, 3.63) is 0 Å². The number of hydrogen-bond acceptors (Lipinski definition) is 1. The minimum absolute atomic E-state index is 0.890. The van der Waals surface area contributed by atoms with E-state index in [1.807, 2.05) is 0 Å². The third kappa shape index (κ3) is 12.6. The Morgan fingerprint density at radius 2 is 1.06 bits per heavy atom. The first-order valence-electron chi connectivity index (χ1n) is 7.96. The maximum atomic E-state index is 4.50. The van der Waals surface area contributed by atoms with Gasteiger partial charge in [0.05, 0.1) is 0 Å². The van der Waals surface area contributed by atoms with E-state index in [-0.39, 0.29) is 0 Å². The average molecular weight is 259 g/mol. The van der Waals surface area contributed by atoms with Gasteiger partial charge in [-0.15, -0.1) is 0 Å². The van der Waals surface area contributed by atoms with Crippen LogP contribution in [-0.2, 0) is 0 Å². The number of hydrogen-bond donors (Lipinski definition) is 1. The zero-order valence-electron chi connectivity index (χ0n) is 12.2. The highest BCUT2D eigenvalue weighted by molar-refractivity contribution is 7.80. The molecule has 0 saturated carbocycles. The smallest absolute Gasteiger partial charge is 0.00695 e. The Labute approximate surface area is 115 Å². The summed E-state index contributed by atoms with van der Waals surface area (Å²) in [5.74, 6) is 1.99. The topological polar surface area (TPSA) is 0 Å². The molecule has 0 heterocycles. The van der Waals surface area contributed by atoms with Crippen LogP contribution in [0.5, 0.6) is 0 Å². The fourth-order valence-corrected chi connectivity index (χ4v) is 2.77. The third-order valence-electron chi connectivity index (χ3n) is 3.69. The number of thiol groups is 1. The van der Waals surface area contributed by atoms with Crippen molar-refractivity contribution in [2.24, 2.45) is 5.92 Å². The Bertz CT molecular complexity index is 133. The first-order valence-corrected chi connectivity index (χ1v) is 8.59. The summed E-state index contributed by atoms with van der Waals surface area (Å²) in [4.78, 5) is 0. The van der Waals surface area contributed by atoms with Crippen LogP contribution in [0.3, 0.4) is 0 Å². The molecule has 0 nitrogen and oxygen atoms in total. The van der Waals surface area contributed by atoms with Gasteiger partial charge in [-0.1, -0.05) is 78.1 Å². The summed E-state index contributed by atoms with van der Waals surface area (Å²) in [6.45, 7) is 4.57. The van der Waals surface area contributed by atoms with Crippen molar-refractivity contribution in [3.63, 3.8) is 0 Å². The monoisotopic (exact) mass is 258 g/mol. The second-order valence-electron chi connectivity index (χ2n) is 5.45. The first-order chi connectivity index (χ1) is 8.35. The van der Waals surface area contributed by atoms with Crippen LogP contribution in [0.4, 0.5) is 0 Å². The van der Waals surface area contributed by atoms with Crippen LogP contribution in [0.1, 0.15) is 90.9 Å². The minimum Gasteiger partial charge on any atom is -0.179 e. The van der Waals surface area contributed by atoms with Crippen molar-refractivity contribution >= 4 is 12.6 Å².